The molecular weight excluding hydrogens is 274 g/mol. The van der Waals surface area contributed by atoms with Crippen LogP contribution in [0.15, 0.2) is 54.7 Å². The average molecular weight is 297 g/mol. The number of nitrogens with one attached hydrogen (secondary N) is 1. The van der Waals surface area contributed by atoms with E-state index in [1.807, 2.05) is 36.4 Å². The van der Waals surface area contributed by atoms with Crippen LogP contribution in [0.4, 0.5) is 0 Å². The molecule has 1 aromatic heterocycles. The fraction of sp³-hybridized carbons (Fsp3) is 0.333. The molecule has 0 radical (unpaired) electrons. The zero-order chi connectivity index (χ0) is 15.6. The summed E-state index contributed by atoms with van der Waals surface area (Å²) in [6.07, 6.45) is 2.24. The smallest absolute Gasteiger partial charge is 0.221 e. The minimum atomic E-state index is 0.0668. The van der Waals surface area contributed by atoms with Gasteiger partial charge in [-0.3, -0.25) is 14.7 Å². The third-order valence-corrected chi connectivity index (χ3v) is 3.54. The number of benzene rings is 1. The first kappa shape index (κ1) is 16.2. The Hall–Kier alpha value is -2.20. The minimum absolute atomic E-state index is 0.0668. The Morgan fingerprint density at radius 3 is 2.59 bits per heavy atom. The Kier molecular flexibility index (Phi) is 6.58. The van der Waals surface area contributed by atoms with Crippen LogP contribution in [0.25, 0.3) is 0 Å². The highest BCUT2D eigenvalue weighted by atomic mass is 16.1. The molecule has 1 heterocycles. The van der Waals surface area contributed by atoms with E-state index in [1.54, 1.807) is 6.20 Å². The number of aromatic nitrogens is 1. The van der Waals surface area contributed by atoms with Crippen molar-refractivity contribution >= 4 is 5.91 Å². The molecule has 0 saturated heterocycles. The van der Waals surface area contributed by atoms with Gasteiger partial charge in [-0.2, -0.15) is 0 Å². The van der Waals surface area contributed by atoms with Gasteiger partial charge in [-0.25, -0.2) is 0 Å². The third-order valence-electron chi connectivity index (χ3n) is 3.54. The third kappa shape index (κ3) is 5.66. The quantitative estimate of drug-likeness (QED) is 0.814. The average Bonchev–Trinajstić information content (AvgIpc) is 2.58. The van der Waals surface area contributed by atoms with Gasteiger partial charge in [0.2, 0.25) is 5.91 Å². The topological polar surface area (TPSA) is 45.2 Å². The van der Waals surface area contributed by atoms with Crippen molar-refractivity contribution in [2.45, 2.75) is 26.4 Å². The summed E-state index contributed by atoms with van der Waals surface area (Å²) in [6.45, 7) is 5.19. The van der Waals surface area contributed by atoms with Crippen molar-refractivity contribution in [3.05, 3.63) is 66.0 Å². The maximum atomic E-state index is 11.9. The van der Waals surface area contributed by atoms with Crippen LogP contribution in [0, 0.1) is 0 Å². The van der Waals surface area contributed by atoms with Crippen LogP contribution in [0.1, 0.15) is 24.6 Å². The number of rotatable bonds is 8. The van der Waals surface area contributed by atoms with Crippen molar-refractivity contribution in [2.75, 3.05) is 13.1 Å². The summed E-state index contributed by atoms with van der Waals surface area (Å²) in [7, 11) is 0. The Morgan fingerprint density at radius 1 is 1.14 bits per heavy atom. The fourth-order valence-electron chi connectivity index (χ4n) is 2.23. The molecule has 0 saturated carbocycles. The number of hydrogen-bond acceptors (Lipinski definition) is 3. The second kappa shape index (κ2) is 8.95. The van der Waals surface area contributed by atoms with Gasteiger partial charge in [0.15, 0.2) is 0 Å². The SMILES string of the molecule is CCN(CCC(=O)NCc1ccccn1)Cc1ccccc1. The summed E-state index contributed by atoms with van der Waals surface area (Å²) >= 11 is 0. The van der Waals surface area contributed by atoms with E-state index in [4.69, 9.17) is 0 Å². The van der Waals surface area contributed by atoms with Gasteiger partial charge in [0, 0.05) is 25.7 Å². The molecule has 2 aromatic rings. The van der Waals surface area contributed by atoms with Crippen LogP contribution >= 0.6 is 0 Å². The van der Waals surface area contributed by atoms with E-state index in [0.29, 0.717) is 13.0 Å². The standard InChI is InChI=1S/C18H23N3O/c1-2-21(15-16-8-4-3-5-9-16)13-11-18(22)20-14-17-10-6-7-12-19-17/h3-10,12H,2,11,13-15H2,1H3,(H,20,22). The minimum Gasteiger partial charge on any atom is -0.350 e. The molecule has 1 amide bonds. The molecule has 0 spiro atoms. The lowest BCUT2D eigenvalue weighted by Gasteiger charge is -2.20. The fourth-order valence-corrected chi connectivity index (χ4v) is 2.23. The summed E-state index contributed by atoms with van der Waals surface area (Å²) in [6, 6.07) is 16.0. The van der Waals surface area contributed by atoms with Gasteiger partial charge >= 0.3 is 0 Å². The Balaban J connectivity index is 1.72. The largest absolute Gasteiger partial charge is 0.350 e. The van der Waals surface area contributed by atoms with Gasteiger partial charge in [0.1, 0.15) is 0 Å². The zero-order valence-electron chi connectivity index (χ0n) is 13.0. The van der Waals surface area contributed by atoms with E-state index >= 15 is 0 Å². The number of carbonyl (C=O) groups excluding carboxylic acids is 1. The van der Waals surface area contributed by atoms with Crippen molar-refractivity contribution in [2.24, 2.45) is 0 Å². The van der Waals surface area contributed by atoms with E-state index in [9.17, 15) is 4.79 Å². The summed E-state index contributed by atoms with van der Waals surface area (Å²) in [5.41, 5.74) is 2.16. The number of nitrogens with zero attached hydrogens (tertiary/aromatic N) is 2. The Labute approximate surface area is 132 Å². The van der Waals surface area contributed by atoms with Crippen LogP contribution < -0.4 is 5.32 Å². The predicted octanol–water partition coefficient (Wildman–Crippen LogP) is 2.61. The second-order valence-electron chi connectivity index (χ2n) is 5.20. The molecule has 4 nitrogen and oxygen atoms in total. The Bertz CT molecular complexity index is 557. The second-order valence-corrected chi connectivity index (χ2v) is 5.20. The van der Waals surface area contributed by atoms with Crippen molar-refractivity contribution in [3.63, 3.8) is 0 Å². The highest BCUT2D eigenvalue weighted by Crippen LogP contribution is 2.04. The zero-order valence-corrected chi connectivity index (χ0v) is 13.0. The lowest BCUT2D eigenvalue weighted by atomic mass is 10.2. The van der Waals surface area contributed by atoms with E-state index in [-0.39, 0.29) is 5.91 Å². The maximum Gasteiger partial charge on any atom is 0.221 e. The number of pyridine rings is 1. The maximum absolute atomic E-state index is 11.9. The molecule has 0 aliphatic carbocycles. The van der Waals surface area contributed by atoms with Gasteiger partial charge < -0.3 is 5.32 Å². The normalized spacial score (nSPS) is 10.6. The predicted molar refractivity (Wildman–Crippen MR) is 88.1 cm³/mol. The van der Waals surface area contributed by atoms with Crippen LogP contribution in [0.2, 0.25) is 0 Å². The van der Waals surface area contributed by atoms with E-state index in [1.165, 1.54) is 5.56 Å². The highest BCUT2D eigenvalue weighted by Gasteiger charge is 2.07. The molecule has 4 heteroatoms. The summed E-state index contributed by atoms with van der Waals surface area (Å²) in [5, 5.41) is 2.91. The van der Waals surface area contributed by atoms with E-state index in [0.717, 1.165) is 25.3 Å². The first-order valence-electron chi connectivity index (χ1n) is 7.71. The summed E-state index contributed by atoms with van der Waals surface area (Å²) < 4.78 is 0. The molecule has 0 aliphatic rings. The van der Waals surface area contributed by atoms with Gasteiger partial charge in [0.25, 0.3) is 0 Å². The molecule has 1 aromatic carbocycles. The number of carbonyl (C=O) groups is 1. The van der Waals surface area contributed by atoms with Crippen LogP contribution in [-0.4, -0.2) is 28.9 Å². The molecule has 116 valence electrons. The van der Waals surface area contributed by atoms with Crippen molar-refractivity contribution in [3.8, 4) is 0 Å². The monoisotopic (exact) mass is 297 g/mol. The molecule has 0 fully saturated rings. The number of hydrogen-bond donors (Lipinski definition) is 1. The van der Waals surface area contributed by atoms with Crippen LogP contribution in [-0.2, 0) is 17.9 Å². The molecule has 0 atom stereocenters. The molecule has 2 rings (SSSR count). The van der Waals surface area contributed by atoms with Gasteiger partial charge in [-0.15, -0.1) is 0 Å². The molecule has 22 heavy (non-hydrogen) atoms. The van der Waals surface area contributed by atoms with E-state index < -0.39 is 0 Å². The molecule has 0 aliphatic heterocycles. The molecule has 1 N–H and O–H groups in total. The van der Waals surface area contributed by atoms with Crippen molar-refractivity contribution < 1.29 is 4.79 Å². The molecule has 0 bridgehead atoms. The van der Waals surface area contributed by atoms with Crippen molar-refractivity contribution in [1.29, 1.82) is 0 Å². The van der Waals surface area contributed by atoms with Gasteiger partial charge in [-0.1, -0.05) is 43.3 Å². The Morgan fingerprint density at radius 2 is 1.91 bits per heavy atom. The van der Waals surface area contributed by atoms with Crippen molar-refractivity contribution in [1.82, 2.24) is 15.2 Å². The summed E-state index contributed by atoms with van der Waals surface area (Å²) in [5.74, 6) is 0.0668. The molecular formula is C18H23N3O. The first-order chi connectivity index (χ1) is 10.8. The molecule has 0 unspecified atom stereocenters. The first-order valence-corrected chi connectivity index (χ1v) is 7.71. The highest BCUT2D eigenvalue weighted by molar-refractivity contribution is 5.75. The summed E-state index contributed by atoms with van der Waals surface area (Å²) in [4.78, 5) is 18.4. The lowest BCUT2D eigenvalue weighted by Crippen LogP contribution is -2.30. The van der Waals surface area contributed by atoms with Crippen LogP contribution in [0.3, 0.4) is 0 Å². The lowest BCUT2D eigenvalue weighted by molar-refractivity contribution is -0.121. The van der Waals surface area contributed by atoms with E-state index in [2.05, 4.69) is 34.3 Å². The van der Waals surface area contributed by atoms with Gasteiger partial charge in [0.05, 0.1) is 12.2 Å². The van der Waals surface area contributed by atoms with Crippen LogP contribution in [0.5, 0.6) is 0 Å². The van der Waals surface area contributed by atoms with Gasteiger partial charge in [-0.05, 0) is 24.2 Å². The number of amides is 1.